The van der Waals surface area contributed by atoms with Gasteiger partial charge in [-0.15, -0.1) is 0 Å². The van der Waals surface area contributed by atoms with E-state index >= 15 is 0 Å². The van der Waals surface area contributed by atoms with Crippen LogP contribution in [0, 0.1) is 0 Å². The maximum absolute atomic E-state index is 14.1. The molecule has 2 unspecified atom stereocenters. The molecule has 3 aromatic carbocycles. The minimum Gasteiger partial charge on any atom is -0.497 e. The second kappa shape index (κ2) is 16.2. The number of ether oxygens (including phenoxy) is 2. The van der Waals surface area contributed by atoms with Crippen molar-refractivity contribution in [3.63, 3.8) is 0 Å². The quantitative estimate of drug-likeness (QED) is 0.0748. The third-order valence-corrected chi connectivity index (χ3v) is 8.20. The minimum atomic E-state index is -0.416. The molecule has 2 atom stereocenters. The summed E-state index contributed by atoms with van der Waals surface area (Å²) in [5.41, 5.74) is 18.9. The zero-order valence-electron chi connectivity index (χ0n) is 27.0. The van der Waals surface area contributed by atoms with Crippen molar-refractivity contribution < 1.29 is 42.0 Å². The van der Waals surface area contributed by atoms with Gasteiger partial charge in [-0.2, -0.15) is 0 Å². The second-order valence-corrected chi connectivity index (χ2v) is 11.7. The van der Waals surface area contributed by atoms with Crippen molar-refractivity contribution in [2.24, 2.45) is 0 Å². The van der Waals surface area contributed by atoms with E-state index in [0.29, 0.717) is 64.1 Å². The number of pyridine rings is 1. The summed E-state index contributed by atoms with van der Waals surface area (Å²) >= 11 is 0. The molecule has 0 aliphatic rings. The number of hydrogen-bond acceptors (Lipinski definition) is 5. The molecule has 0 radical (unpaired) electrons. The van der Waals surface area contributed by atoms with Gasteiger partial charge in [0.2, 0.25) is 0 Å². The summed E-state index contributed by atoms with van der Waals surface area (Å²) in [4.78, 5) is 39.9. The molecule has 12 heteroatoms. The van der Waals surface area contributed by atoms with Crippen LogP contribution in [0.4, 0.5) is 11.4 Å². The van der Waals surface area contributed by atoms with Crippen LogP contribution in [-0.2, 0) is 16.1 Å². The Bertz CT molecular complexity index is 1620. The Labute approximate surface area is 268 Å². The summed E-state index contributed by atoms with van der Waals surface area (Å²) in [7, 11) is 3.20. The zero-order chi connectivity index (χ0) is 33.2. The number of fused-ring (bicyclic) bond motifs is 2. The fourth-order valence-corrected chi connectivity index (χ4v) is 5.53. The number of nitrogens with zero attached hydrogens (tertiary/aromatic N) is 1. The fourth-order valence-electron chi connectivity index (χ4n) is 5.53. The molecule has 4 aromatic rings. The van der Waals surface area contributed by atoms with Crippen molar-refractivity contribution in [3.8, 4) is 11.5 Å². The molecule has 246 valence electrons. The number of hydrogen-bond donors (Lipinski definition) is 6. The minimum absolute atomic E-state index is 0.198. The number of carbonyl (C=O) groups is 2. The van der Waals surface area contributed by atoms with Crippen molar-refractivity contribution in [1.82, 2.24) is 4.57 Å². The molecule has 46 heavy (non-hydrogen) atoms. The molecule has 1 aromatic heterocycles. The molecule has 0 saturated carbocycles. The van der Waals surface area contributed by atoms with Crippen LogP contribution in [0.2, 0.25) is 0 Å². The molecular weight excluding hydrogens is 586 g/mol. The molecule has 12 nitrogen and oxygen atoms in total. The van der Waals surface area contributed by atoms with Gasteiger partial charge in [-0.25, -0.2) is 0 Å². The molecule has 2 amide bonds. The van der Waals surface area contributed by atoms with Crippen LogP contribution in [0.25, 0.3) is 21.8 Å². The van der Waals surface area contributed by atoms with E-state index in [0.717, 1.165) is 44.3 Å². The SMILES string of the molecule is COc1cc(Cn2c3ccc(NC(=O)C([NH3+])CCCC[NH3+])cc3c(=O)c3cc(NC(=O)C([NH3+])CCCC[NH3+])ccc32)cc(OC)c1. The first-order valence-electron chi connectivity index (χ1n) is 15.9. The lowest BCUT2D eigenvalue weighted by atomic mass is 10.1. The molecule has 14 N–H and O–H groups in total. The van der Waals surface area contributed by atoms with E-state index < -0.39 is 12.1 Å². The summed E-state index contributed by atoms with van der Waals surface area (Å²) in [5.74, 6) is 0.900. The molecule has 4 rings (SSSR count). The number of benzene rings is 3. The van der Waals surface area contributed by atoms with E-state index in [2.05, 4.69) is 33.6 Å². The van der Waals surface area contributed by atoms with Gasteiger partial charge >= 0.3 is 0 Å². The number of quaternary nitrogens is 4. The molecular formula is C34H49N7O5+4. The van der Waals surface area contributed by atoms with E-state index in [9.17, 15) is 14.4 Å². The van der Waals surface area contributed by atoms with Gasteiger partial charge in [0.05, 0.1) is 38.3 Å². The van der Waals surface area contributed by atoms with E-state index in [1.165, 1.54) is 0 Å². The lowest BCUT2D eigenvalue weighted by Gasteiger charge is -2.18. The highest BCUT2D eigenvalue weighted by Gasteiger charge is 2.20. The molecule has 0 saturated heterocycles. The van der Waals surface area contributed by atoms with Crippen LogP contribution in [-0.4, -0.2) is 55.8 Å². The number of unbranched alkanes of at least 4 members (excludes halogenated alkanes) is 2. The van der Waals surface area contributed by atoms with Crippen LogP contribution in [0.5, 0.6) is 11.5 Å². The first kappa shape index (κ1) is 34.4. The average molecular weight is 636 g/mol. The zero-order valence-corrected chi connectivity index (χ0v) is 27.0. The molecule has 1 heterocycles. The normalized spacial score (nSPS) is 12.6. The smallest absolute Gasteiger partial charge is 0.282 e. The number of aromatic nitrogens is 1. The number of carbonyl (C=O) groups excluding carboxylic acids is 2. The van der Waals surface area contributed by atoms with Gasteiger partial charge in [0.25, 0.3) is 11.8 Å². The van der Waals surface area contributed by atoms with Crippen LogP contribution in [0.1, 0.15) is 44.1 Å². The van der Waals surface area contributed by atoms with Gasteiger partial charge < -0.3 is 47.6 Å². The van der Waals surface area contributed by atoms with Crippen LogP contribution >= 0.6 is 0 Å². The summed E-state index contributed by atoms with van der Waals surface area (Å²) in [6, 6.07) is 15.5. The van der Waals surface area contributed by atoms with Gasteiger partial charge in [0, 0.05) is 47.6 Å². The number of nitrogens with one attached hydrogen (secondary N) is 2. The van der Waals surface area contributed by atoms with Crippen molar-refractivity contribution in [2.75, 3.05) is 37.9 Å². The van der Waals surface area contributed by atoms with Crippen molar-refractivity contribution in [3.05, 3.63) is 70.4 Å². The van der Waals surface area contributed by atoms with Gasteiger partial charge in [0.1, 0.15) is 11.5 Å². The molecule has 0 aliphatic carbocycles. The van der Waals surface area contributed by atoms with Gasteiger partial charge in [0.15, 0.2) is 17.5 Å². The summed E-state index contributed by atoms with van der Waals surface area (Å²) in [6.45, 7) is 2.04. The maximum Gasteiger partial charge on any atom is 0.282 e. The Balaban J connectivity index is 1.78. The van der Waals surface area contributed by atoms with E-state index in [1.54, 1.807) is 44.6 Å². The van der Waals surface area contributed by atoms with Crippen LogP contribution in [0.15, 0.2) is 59.4 Å². The van der Waals surface area contributed by atoms with Crippen LogP contribution < -0.4 is 48.5 Å². The summed E-state index contributed by atoms with van der Waals surface area (Å²) < 4.78 is 13.0. The number of methoxy groups -OCH3 is 2. The Morgan fingerprint density at radius 3 is 1.59 bits per heavy atom. The first-order chi connectivity index (χ1) is 22.2. The van der Waals surface area contributed by atoms with Crippen molar-refractivity contribution in [2.45, 2.75) is 57.2 Å². The predicted molar refractivity (Wildman–Crippen MR) is 178 cm³/mol. The average Bonchev–Trinajstić information content (AvgIpc) is 3.06. The number of rotatable bonds is 16. The number of anilines is 2. The highest BCUT2D eigenvalue weighted by molar-refractivity contribution is 6.01. The fraction of sp³-hybridized carbons (Fsp3) is 0.382. The van der Waals surface area contributed by atoms with E-state index in [4.69, 9.17) is 9.47 Å². The summed E-state index contributed by atoms with van der Waals surface area (Å²) in [5, 5.41) is 6.75. The third-order valence-electron chi connectivity index (χ3n) is 8.20. The molecule has 0 fully saturated rings. The van der Waals surface area contributed by atoms with E-state index in [1.807, 2.05) is 28.8 Å². The van der Waals surface area contributed by atoms with Crippen LogP contribution in [0.3, 0.4) is 0 Å². The second-order valence-electron chi connectivity index (χ2n) is 11.7. The largest absolute Gasteiger partial charge is 0.497 e. The number of amides is 2. The van der Waals surface area contributed by atoms with Crippen molar-refractivity contribution in [1.29, 1.82) is 0 Å². The van der Waals surface area contributed by atoms with Gasteiger partial charge in [-0.1, -0.05) is 0 Å². The monoisotopic (exact) mass is 635 g/mol. The first-order valence-corrected chi connectivity index (χ1v) is 15.9. The maximum atomic E-state index is 14.1. The standard InChI is InChI=1S/C34H45N7O5/c1-45-24-15-21(16-25(19-24)46-2)20-41-30-11-9-22(39-33(43)28(37)7-3-5-13-35)17-26(30)32(42)27-18-23(10-12-31(27)41)40-34(44)29(38)8-4-6-14-36/h9-12,15-19,28-29H,3-8,13-14,20,35-38H2,1-2H3,(H,39,43)(H,40,44)/p+4. The molecule has 0 bridgehead atoms. The van der Waals surface area contributed by atoms with E-state index in [-0.39, 0.29) is 17.2 Å². The Hall–Kier alpha value is -4.49. The van der Waals surface area contributed by atoms with Crippen molar-refractivity contribution >= 4 is 45.0 Å². The lowest BCUT2D eigenvalue weighted by Crippen LogP contribution is -2.66. The van der Waals surface area contributed by atoms with Gasteiger partial charge in [-0.3, -0.25) is 14.4 Å². The molecule has 0 spiro atoms. The highest BCUT2D eigenvalue weighted by Crippen LogP contribution is 2.28. The topological polar surface area (TPSA) is 209 Å². The molecule has 0 aliphatic heterocycles. The predicted octanol–water partition coefficient (Wildman–Crippen LogP) is 0.143. The Morgan fingerprint density at radius 1 is 0.717 bits per heavy atom. The Kier molecular flexibility index (Phi) is 12.1. The lowest BCUT2D eigenvalue weighted by molar-refractivity contribution is -0.405. The third kappa shape index (κ3) is 8.40. The Morgan fingerprint density at radius 2 is 1.17 bits per heavy atom. The summed E-state index contributed by atoms with van der Waals surface area (Å²) in [6.07, 6.45) is 4.95. The van der Waals surface area contributed by atoms with Gasteiger partial charge in [-0.05, 0) is 79.8 Å². The highest BCUT2D eigenvalue weighted by atomic mass is 16.5.